The van der Waals surface area contributed by atoms with Gasteiger partial charge >= 0.3 is 0 Å². The van der Waals surface area contributed by atoms with Crippen LogP contribution in [0.3, 0.4) is 0 Å². The average molecular weight is 1900 g/mol. The van der Waals surface area contributed by atoms with E-state index in [1.165, 1.54) is 236 Å². The van der Waals surface area contributed by atoms with Gasteiger partial charge in [0.05, 0.1) is 0 Å². The van der Waals surface area contributed by atoms with Crippen molar-refractivity contribution in [2.45, 2.75) is 405 Å². The van der Waals surface area contributed by atoms with Crippen LogP contribution < -0.4 is 0 Å². The molecule has 8 aromatic carbocycles. The predicted molar refractivity (Wildman–Crippen MR) is 616 cm³/mol. The topological polar surface area (TPSA) is 0 Å². The molecule has 0 amide bonds. The fourth-order valence-corrected chi connectivity index (χ4v) is 37.0. The third-order valence-corrected chi connectivity index (χ3v) is 45.1. The molecule has 12 saturated carbocycles. The quantitative estimate of drug-likeness (QED) is 0.154. The minimum atomic E-state index is 0. The van der Waals surface area contributed by atoms with Gasteiger partial charge in [-0.25, -0.2) is 0 Å². The van der Waals surface area contributed by atoms with Gasteiger partial charge in [0.1, 0.15) is 0 Å². The van der Waals surface area contributed by atoms with Gasteiger partial charge in [0.15, 0.2) is 0 Å². The molecule has 24 rings (SSSR count). The Morgan fingerprint density at radius 3 is 0.794 bits per heavy atom. The molecular weight excluding hydrogens is 1690 g/mol. The van der Waals surface area contributed by atoms with Gasteiger partial charge in [-0.05, 0) is 471 Å². The monoisotopic (exact) mass is 1900 g/mol. The van der Waals surface area contributed by atoms with Crippen LogP contribution >= 0.6 is 0 Å². The van der Waals surface area contributed by atoms with E-state index in [-0.39, 0.29) is 7.43 Å². The van der Waals surface area contributed by atoms with E-state index in [1.807, 2.05) is 11.1 Å². The maximum atomic E-state index is 2.75. The molecule has 28 atom stereocenters. The molecule has 0 saturated heterocycles. The number of fused-ring (bicyclic) bond motifs is 24. The summed E-state index contributed by atoms with van der Waals surface area (Å²) >= 11 is 0. The molecule has 8 aromatic rings. The average Bonchev–Trinajstić information content (AvgIpc) is 1.72. The van der Waals surface area contributed by atoms with Crippen molar-refractivity contribution < 1.29 is 0 Å². The van der Waals surface area contributed by atoms with Gasteiger partial charge in [0.2, 0.25) is 0 Å². The van der Waals surface area contributed by atoms with Gasteiger partial charge in [-0.2, -0.15) is 0 Å². The Hall–Kier alpha value is -6.24. The minimum absolute atomic E-state index is 0. The van der Waals surface area contributed by atoms with Crippen molar-refractivity contribution in [2.24, 2.45) is 183 Å². The van der Waals surface area contributed by atoms with Gasteiger partial charge in [0.25, 0.3) is 0 Å². The summed E-state index contributed by atoms with van der Waals surface area (Å²) in [5, 5.41) is 10.5. The molecule has 0 bridgehead atoms. The largest absolute Gasteiger partial charge is 0.0847 e. The summed E-state index contributed by atoms with van der Waals surface area (Å²) in [7, 11) is 0. The lowest BCUT2D eigenvalue weighted by Gasteiger charge is -2.61. The van der Waals surface area contributed by atoms with Crippen molar-refractivity contribution in [1.82, 2.24) is 0 Å². The SMILES string of the molecule is C.CC1=CC[C@H]2[C@@H]3CC=C4CC(CC(C)(C)C)CC[C@]4(C)[C@H]3CC[C@]12C.CC1=CC[C@H]2[C@@H]3CC[C@H]4CC(CC(C)(C)C)CC[C@]4(C)[C@H]3CC[C@]12C.CC1CC[C@H]2[C@@H]3CC=C4CC(CC(C)(C)C)CC[C@]4(C)[C@H]3CC[C@]12C.CC1CC[C@H]2[C@@H]3CC[C@H]4CC(CC(C)(C)C)CC[C@]4(C)[C@H]3CC[C@]12C.c1ccc2ccccc2c1.c1ccc2ccccc2c1.c1ccc2ccccc2c1.c1ccc2ccccc2c1. The van der Waals surface area contributed by atoms with E-state index >= 15 is 0 Å². The van der Waals surface area contributed by atoms with Crippen LogP contribution in [0.2, 0.25) is 0 Å². The molecule has 16 aliphatic carbocycles. The Balaban J connectivity index is 0.000000119. The van der Waals surface area contributed by atoms with Crippen LogP contribution in [0.5, 0.6) is 0 Å². The molecule has 0 heteroatoms. The lowest BCUT2D eigenvalue weighted by atomic mass is 9.44. The smallest absolute Gasteiger partial charge is 0.00850 e. The number of hydrogen-bond acceptors (Lipinski definition) is 0. The zero-order chi connectivity index (χ0) is 99.4. The first-order chi connectivity index (χ1) is 66.4. The van der Waals surface area contributed by atoms with E-state index in [4.69, 9.17) is 0 Å². The predicted octanol–water partition coefficient (Wildman–Crippen LogP) is 42.5. The Kier molecular flexibility index (Phi) is 32.9. The van der Waals surface area contributed by atoms with Crippen LogP contribution in [0.25, 0.3) is 43.1 Å². The Morgan fingerprint density at radius 2 is 0.475 bits per heavy atom. The molecule has 0 heterocycles. The maximum Gasteiger partial charge on any atom is -0.00850 e. The van der Waals surface area contributed by atoms with E-state index < -0.39 is 0 Å². The second-order valence-corrected chi connectivity index (χ2v) is 58.0. The normalized spacial score (nSPS) is 38.2. The summed E-state index contributed by atoms with van der Waals surface area (Å²) in [5.41, 5.74) is 14.0. The molecule has 12 fully saturated rings. The Bertz CT molecular complexity index is 4920. The highest BCUT2D eigenvalue weighted by Gasteiger charge is 2.64. The summed E-state index contributed by atoms with van der Waals surface area (Å²) in [6, 6.07) is 66.9. The minimum Gasteiger partial charge on any atom is -0.0847 e. The van der Waals surface area contributed by atoms with Crippen LogP contribution in [-0.2, 0) is 0 Å². The van der Waals surface area contributed by atoms with Crippen molar-refractivity contribution in [3.05, 3.63) is 241 Å². The van der Waals surface area contributed by atoms with E-state index in [9.17, 15) is 0 Å². The third kappa shape index (κ3) is 23.0. The fourth-order valence-electron chi connectivity index (χ4n) is 37.0. The van der Waals surface area contributed by atoms with Gasteiger partial charge < -0.3 is 0 Å². The molecule has 16 aliphatic rings. The van der Waals surface area contributed by atoms with Crippen molar-refractivity contribution >= 4 is 43.1 Å². The molecule has 0 spiro atoms. The first kappa shape index (κ1) is 108. The van der Waals surface area contributed by atoms with Gasteiger partial charge in [-0.1, -0.05) is 400 Å². The first-order valence-electron chi connectivity index (χ1n) is 58.9. The van der Waals surface area contributed by atoms with E-state index in [2.05, 4.69) is 385 Å². The molecule has 6 unspecified atom stereocenters. The van der Waals surface area contributed by atoms with Crippen LogP contribution in [0.1, 0.15) is 405 Å². The van der Waals surface area contributed by atoms with Crippen LogP contribution in [-0.4, -0.2) is 0 Å². The van der Waals surface area contributed by atoms with E-state index in [1.54, 1.807) is 49.7 Å². The summed E-state index contributed by atoms with van der Waals surface area (Å²) in [6.45, 7) is 60.4. The maximum absolute atomic E-state index is 2.75. The molecule has 0 aromatic heterocycles. The summed E-state index contributed by atoms with van der Waals surface area (Å²) < 4.78 is 0. The van der Waals surface area contributed by atoms with E-state index in [0.717, 1.165) is 118 Å². The second-order valence-electron chi connectivity index (χ2n) is 58.0. The van der Waals surface area contributed by atoms with Crippen molar-refractivity contribution in [1.29, 1.82) is 0 Å². The summed E-state index contributed by atoms with van der Waals surface area (Å²) in [6.07, 6.45) is 64.0. The fraction of sp³-hybridized carbons (Fsp3) is 0.660. The number of benzene rings is 8. The lowest BCUT2D eigenvalue weighted by Crippen LogP contribution is -2.53. The molecule has 0 aliphatic heterocycles. The third-order valence-electron chi connectivity index (χ3n) is 45.1. The second kappa shape index (κ2) is 43.1. The zero-order valence-electron chi connectivity index (χ0n) is 93.8. The molecule has 0 N–H and O–H groups in total. The molecule has 0 nitrogen and oxygen atoms in total. The van der Waals surface area contributed by atoms with Crippen molar-refractivity contribution in [3.8, 4) is 0 Å². The summed E-state index contributed by atoms with van der Waals surface area (Å²) in [5.74, 6) is 19.9. The van der Waals surface area contributed by atoms with Gasteiger partial charge in [-0.3, -0.25) is 0 Å². The number of allylic oxidation sites excluding steroid dienone is 8. The van der Waals surface area contributed by atoms with Crippen LogP contribution in [0.4, 0.5) is 0 Å². The van der Waals surface area contributed by atoms with Crippen LogP contribution in [0, 0.1) is 183 Å². The first-order valence-corrected chi connectivity index (χ1v) is 58.9. The summed E-state index contributed by atoms with van der Waals surface area (Å²) in [4.78, 5) is 0. The lowest BCUT2D eigenvalue weighted by molar-refractivity contribution is -0.118. The standard InChI is InChI=1S/C25H44.2C25H42.C25H40.4C10H8.CH4/c4*1-17-7-10-21-20-9-8-19-15-18(16-23(2,3)4)11-13-25(19,6)22(20)12-14-24(17,21)5;4*1-2-6-10-8-4-3-7-9(10)5-1;/h17-22H,7-16H2,1-6H3;8,17-18,20-22H,7,9-16H2,1-6H3;7,18-22H,8-16H2,1-6H3;7-8,18,20-22H,9-16H2,1-6H3;4*1-8H;1H4/t17?,18?,19-,20-,21-,22-,24+,25-;17?,18?,20-,21-,22-,24+,25-;18?,19-,20-,21-,22-,24+,25-;18?,20-,21-,22-,24+,25-;;;;;/m0000...../s1. The highest BCUT2D eigenvalue weighted by atomic mass is 14.7. The highest BCUT2D eigenvalue weighted by Crippen LogP contribution is 2.73. The van der Waals surface area contributed by atoms with Gasteiger partial charge in [0, 0.05) is 0 Å². The zero-order valence-corrected chi connectivity index (χ0v) is 93.8. The number of hydrogen-bond donors (Lipinski definition) is 0. The highest BCUT2D eigenvalue weighted by molar-refractivity contribution is 5.84. The number of rotatable bonds is 4. The molecule has 768 valence electrons. The van der Waals surface area contributed by atoms with Crippen molar-refractivity contribution in [2.75, 3.05) is 0 Å². The van der Waals surface area contributed by atoms with Crippen molar-refractivity contribution in [3.63, 3.8) is 0 Å². The Morgan fingerprint density at radius 1 is 0.234 bits per heavy atom. The van der Waals surface area contributed by atoms with Gasteiger partial charge in [-0.15, -0.1) is 0 Å². The Labute approximate surface area is 865 Å². The molecular formula is C141H204. The molecule has 0 radical (unpaired) electrons. The molecule has 141 heavy (non-hydrogen) atoms. The van der Waals surface area contributed by atoms with E-state index in [0.29, 0.717) is 65.0 Å². The van der Waals surface area contributed by atoms with Crippen LogP contribution in [0.15, 0.2) is 241 Å².